The minimum Gasteiger partial charge on any atom is -0.497 e. The van der Waals surface area contributed by atoms with Gasteiger partial charge >= 0.3 is 0 Å². The Labute approximate surface area is 172 Å². The molecule has 4 rings (SSSR count). The number of rotatable bonds is 7. The molecule has 0 aliphatic rings. The van der Waals surface area contributed by atoms with Crippen molar-refractivity contribution in [1.29, 1.82) is 0 Å². The number of para-hydroxylation sites is 2. The third kappa shape index (κ3) is 4.22. The van der Waals surface area contributed by atoms with E-state index in [0.717, 1.165) is 28.8 Å². The van der Waals surface area contributed by atoms with Gasteiger partial charge in [0.05, 0.1) is 18.1 Å². The molecule has 0 saturated heterocycles. The Balaban J connectivity index is 1.35. The van der Waals surface area contributed by atoms with Crippen molar-refractivity contribution in [1.82, 2.24) is 19.9 Å². The Bertz CT molecular complexity index is 1130. The van der Waals surface area contributed by atoms with E-state index in [1.165, 1.54) is 11.3 Å². The normalized spacial score (nSPS) is 10.8. The van der Waals surface area contributed by atoms with Gasteiger partial charge in [-0.3, -0.25) is 4.79 Å². The first kappa shape index (κ1) is 18.9. The molecule has 0 aliphatic carbocycles. The van der Waals surface area contributed by atoms with E-state index < -0.39 is 0 Å². The zero-order chi connectivity index (χ0) is 20.2. The zero-order valence-electron chi connectivity index (χ0n) is 16.2. The minimum absolute atomic E-state index is 0.187. The highest BCUT2D eigenvalue weighted by Gasteiger charge is 2.13. The van der Waals surface area contributed by atoms with E-state index >= 15 is 0 Å². The molecule has 0 spiro atoms. The SMILES string of the molecule is COc1ccc(CCNC(=O)c2csc(Nc3nc4ccccc4n3C)n2)cc1. The Morgan fingerprint density at radius 3 is 2.69 bits per heavy atom. The van der Waals surface area contributed by atoms with Crippen LogP contribution in [0.3, 0.4) is 0 Å². The predicted molar refractivity (Wildman–Crippen MR) is 115 cm³/mol. The molecule has 7 nitrogen and oxygen atoms in total. The number of hydrogen-bond donors (Lipinski definition) is 2. The number of nitrogens with zero attached hydrogens (tertiary/aromatic N) is 3. The van der Waals surface area contributed by atoms with Crippen LogP contribution in [0.2, 0.25) is 0 Å². The molecule has 2 heterocycles. The van der Waals surface area contributed by atoms with Crippen molar-refractivity contribution >= 4 is 39.4 Å². The summed E-state index contributed by atoms with van der Waals surface area (Å²) in [6, 6.07) is 15.7. The first-order chi connectivity index (χ1) is 14.1. The van der Waals surface area contributed by atoms with Crippen molar-refractivity contribution in [3.8, 4) is 5.75 Å². The number of anilines is 2. The summed E-state index contributed by atoms with van der Waals surface area (Å²) in [5.41, 5.74) is 3.47. The van der Waals surface area contributed by atoms with Gasteiger partial charge in [0.1, 0.15) is 11.4 Å². The van der Waals surface area contributed by atoms with Crippen molar-refractivity contribution in [3.63, 3.8) is 0 Å². The topological polar surface area (TPSA) is 81.1 Å². The molecule has 2 aromatic carbocycles. The van der Waals surface area contributed by atoms with Crippen LogP contribution in [-0.2, 0) is 13.5 Å². The first-order valence-electron chi connectivity index (χ1n) is 9.19. The Morgan fingerprint density at radius 2 is 1.93 bits per heavy atom. The number of ether oxygens (including phenoxy) is 1. The second-order valence-corrected chi connectivity index (χ2v) is 7.36. The van der Waals surface area contributed by atoms with Gasteiger partial charge in [-0.25, -0.2) is 9.97 Å². The molecule has 0 bridgehead atoms. The number of methoxy groups -OCH3 is 1. The highest BCUT2D eigenvalue weighted by atomic mass is 32.1. The van der Waals surface area contributed by atoms with Crippen LogP contribution in [0.4, 0.5) is 11.1 Å². The molecular formula is C21H21N5O2S. The van der Waals surface area contributed by atoms with E-state index in [1.807, 2.05) is 60.1 Å². The molecule has 2 N–H and O–H groups in total. The number of thiazole rings is 1. The molecule has 0 atom stereocenters. The number of imidazole rings is 1. The fraction of sp³-hybridized carbons (Fsp3) is 0.190. The van der Waals surface area contributed by atoms with E-state index in [-0.39, 0.29) is 5.91 Å². The van der Waals surface area contributed by atoms with E-state index in [4.69, 9.17) is 4.74 Å². The lowest BCUT2D eigenvalue weighted by Crippen LogP contribution is -2.26. The van der Waals surface area contributed by atoms with Gasteiger partial charge in [0, 0.05) is 19.0 Å². The monoisotopic (exact) mass is 407 g/mol. The molecule has 148 valence electrons. The van der Waals surface area contributed by atoms with Gasteiger partial charge in [-0.2, -0.15) is 0 Å². The Morgan fingerprint density at radius 1 is 1.14 bits per heavy atom. The molecule has 29 heavy (non-hydrogen) atoms. The lowest BCUT2D eigenvalue weighted by Gasteiger charge is -2.05. The summed E-state index contributed by atoms with van der Waals surface area (Å²) in [6.07, 6.45) is 0.741. The maximum absolute atomic E-state index is 12.4. The number of aryl methyl sites for hydroxylation is 1. The van der Waals surface area contributed by atoms with Crippen molar-refractivity contribution in [2.24, 2.45) is 7.05 Å². The quantitative estimate of drug-likeness (QED) is 0.488. The van der Waals surface area contributed by atoms with Gasteiger partial charge in [0.2, 0.25) is 5.95 Å². The molecule has 4 aromatic rings. The third-order valence-corrected chi connectivity index (χ3v) is 5.36. The van der Waals surface area contributed by atoms with Gasteiger partial charge in [-0.15, -0.1) is 11.3 Å². The molecule has 8 heteroatoms. The molecule has 0 radical (unpaired) electrons. The number of aromatic nitrogens is 3. The van der Waals surface area contributed by atoms with Crippen LogP contribution < -0.4 is 15.4 Å². The number of benzene rings is 2. The first-order valence-corrected chi connectivity index (χ1v) is 10.1. The molecule has 0 aliphatic heterocycles. The van der Waals surface area contributed by atoms with Crippen LogP contribution in [0.1, 0.15) is 16.1 Å². The fourth-order valence-electron chi connectivity index (χ4n) is 2.99. The Hall–Kier alpha value is -3.39. The lowest BCUT2D eigenvalue weighted by atomic mass is 10.1. The summed E-state index contributed by atoms with van der Waals surface area (Å²) in [4.78, 5) is 21.3. The number of carbonyl (C=O) groups excluding carboxylic acids is 1. The van der Waals surface area contributed by atoms with Gasteiger partial charge in [0.25, 0.3) is 5.91 Å². The van der Waals surface area contributed by atoms with Crippen LogP contribution in [0.25, 0.3) is 11.0 Å². The zero-order valence-corrected chi connectivity index (χ0v) is 17.0. The molecule has 0 unspecified atom stereocenters. The smallest absolute Gasteiger partial charge is 0.270 e. The maximum atomic E-state index is 12.4. The fourth-order valence-corrected chi connectivity index (χ4v) is 3.68. The average Bonchev–Trinajstić information content (AvgIpc) is 3.34. The second kappa shape index (κ2) is 8.32. The largest absolute Gasteiger partial charge is 0.497 e. The highest BCUT2D eigenvalue weighted by molar-refractivity contribution is 7.14. The van der Waals surface area contributed by atoms with Gasteiger partial charge in [-0.1, -0.05) is 24.3 Å². The molecule has 1 amide bonds. The van der Waals surface area contributed by atoms with Crippen LogP contribution in [0.5, 0.6) is 5.75 Å². The average molecular weight is 407 g/mol. The molecular weight excluding hydrogens is 386 g/mol. The summed E-state index contributed by atoms with van der Waals surface area (Å²) >= 11 is 1.37. The number of amides is 1. The summed E-state index contributed by atoms with van der Waals surface area (Å²) in [5, 5.41) is 8.48. The van der Waals surface area contributed by atoms with E-state index in [1.54, 1.807) is 12.5 Å². The van der Waals surface area contributed by atoms with Crippen molar-refractivity contribution in [2.75, 3.05) is 19.0 Å². The summed E-state index contributed by atoms with van der Waals surface area (Å²) < 4.78 is 7.11. The Kier molecular flexibility index (Phi) is 5.44. The van der Waals surface area contributed by atoms with Gasteiger partial charge in [-0.05, 0) is 36.2 Å². The van der Waals surface area contributed by atoms with E-state index in [9.17, 15) is 4.79 Å². The van der Waals surface area contributed by atoms with Crippen LogP contribution in [-0.4, -0.2) is 34.1 Å². The number of nitrogens with one attached hydrogen (secondary N) is 2. The van der Waals surface area contributed by atoms with E-state index in [2.05, 4.69) is 20.6 Å². The van der Waals surface area contributed by atoms with Crippen LogP contribution in [0, 0.1) is 0 Å². The van der Waals surface area contributed by atoms with Crippen molar-refractivity contribution in [2.45, 2.75) is 6.42 Å². The third-order valence-electron chi connectivity index (χ3n) is 4.60. The summed E-state index contributed by atoms with van der Waals surface area (Å²) in [6.45, 7) is 0.538. The van der Waals surface area contributed by atoms with Crippen LogP contribution >= 0.6 is 11.3 Å². The molecule has 2 aromatic heterocycles. The van der Waals surface area contributed by atoms with Crippen molar-refractivity contribution < 1.29 is 9.53 Å². The molecule has 0 fully saturated rings. The van der Waals surface area contributed by atoms with Crippen LogP contribution in [0.15, 0.2) is 53.9 Å². The predicted octanol–water partition coefficient (Wildman–Crippen LogP) is 3.75. The summed E-state index contributed by atoms with van der Waals surface area (Å²) in [7, 11) is 3.58. The lowest BCUT2D eigenvalue weighted by molar-refractivity contribution is 0.0950. The number of hydrogen-bond acceptors (Lipinski definition) is 6. The van der Waals surface area contributed by atoms with Gasteiger partial charge < -0.3 is 19.9 Å². The van der Waals surface area contributed by atoms with E-state index in [0.29, 0.717) is 23.3 Å². The highest BCUT2D eigenvalue weighted by Crippen LogP contribution is 2.23. The standard InChI is InChI=1S/C21H21N5O2S/c1-26-18-6-4-3-5-16(18)23-20(26)25-21-24-17(13-29-21)19(27)22-12-11-14-7-9-15(28-2)10-8-14/h3-10,13H,11-12H2,1-2H3,(H,22,27)(H,23,24,25). The summed E-state index contributed by atoms with van der Waals surface area (Å²) in [5.74, 6) is 1.32. The van der Waals surface area contributed by atoms with Gasteiger partial charge in [0.15, 0.2) is 5.13 Å². The molecule has 0 saturated carbocycles. The second-order valence-electron chi connectivity index (χ2n) is 6.50. The minimum atomic E-state index is -0.187. The van der Waals surface area contributed by atoms with Crippen molar-refractivity contribution in [3.05, 3.63) is 65.2 Å². The number of fused-ring (bicyclic) bond motifs is 1. The number of carbonyl (C=O) groups is 1. The maximum Gasteiger partial charge on any atom is 0.270 e.